The van der Waals surface area contributed by atoms with Gasteiger partial charge in [-0.3, -0.25) is 4.90 Å². The second-order valence-electron chi connectivity index (χ2n) is 8.38. The van der Waals surface area contributed by atoms with E-state index in [1.807, 2.05) is 6.07 Å². The Bertz CT molecular complexity index is 795. The number of rotatable bonds is 9. The molecule has 1 aromatic heterocycles. The second-order valence-corrected chi connectivity index (χ2v) is 9.16. The first-order chi connectivity index (χ1) is 14.8. The van der Waals surface area contributed by atoms with E-state index >= 15 is 0 Å². The van der Waals surface area contributed by atoms with Gasteiger partial charge in [-0.05, 0) is 67.0 Å². The quantitative estimate of drug-likeness (QED) is 0.465. The third kappa shape index (κ3) is 6.47. The van der Waals surface area contributed by atoms with Crippen molar-refractivity contribution in [1.82, 2.24) is 15.5 Å². The fourth-order valence-electron chi connectivity index (χ4n) is 3.82. The summed E-state index contributed by atoms with van der Waals surface area (Å²) in [5.41, 5.74) is 2.59. The summed E-state index contributed by atoms with van der Waals surface area (Å²) in [4.78, 5) is 7.42. The molecule has 5 nitrogen and oxygen atoms in total. The van der Waals surface area contributed by atoms with Crippen molar-refractivity contribution in [2.45, 2.75) is 51.7 Å². The van der Waals surface area contributed by atoms with Gasteiger partial charge < -0.3 is 15.4 Å². The van der Waals surface area contributed by atoms with E-state index in [1.165, 1.54) is 18.4 Å². The van der Waals surface area contributed by atoms with E-state index in [9.17, 15) is 0 Å². The lowest BCUT2D eigenvalue weighted by Crippen LogP contribution is -2.48. The number of aliphatic imine (C=N–C) groups is 1. The van der Waals surface area contributed by atoms with Gasteiger partial charge in [-0.15, -0.1) is 0 Å². The first kappa shape index (κ1) is 21.2. The maximum absolute atomic E-state index is 6.04. The van der Waals surface area contributed by atoms with Crippen molar-refractivity contribution < 1.29 is 4.74 Å². The van der Waals surface area contributed by atoms with Gasteiger partial charge in [0, 0.05) is 37.8 Å². The molecule has 2 aromatic rings. The Balaban J connectivity index is 1.29. The molecular weight excluding hydrogens is 392 g/mol. The molecule has 6 heteroatoms. The van der Waals surface area contributed by atoms with Crippen LogP contribution in [-0.2, 0) is 13.1 Å². The normalized spacial score (nSPS) is 18.4. The summed E-state index contributed by atoms with van der Waals surface area (Å²) in [7, 11) is 0. The van der Waals surface area contributed by atoms with E-state index in [0.717, 1.165) is 68.8 Å². The maximum Gasteiger partial charge on any atom is 0.191 e. The summed E-state index contributed by atoms with van der Waals surface area (Å²) in [5.74, 6) is 2.64. The third-order valence-corrected chi connectivity index (χ3v) is 6.54. The minimum atomic E-state index is 0.475. The molecule has 1 saturated heterocycles. The first-order valence-corrected chi connectivity index (χ1v) is 12.2. The van der Waals surface area contributed by atoms with Gasteiger partial charge in [0.25, 0.3) is 0 Å². The van der Waals surface area contributed by atoms with Gasteiger partial charge in [0.05, 0.1) is 13.2 Å². The van der Waals surface area contributed by atoms with Gasteiger partial charge in [-0.2, -0.15) is 11.3 Å². The van der Waals surface area contributed by atoms with Crippen LogP contribution in [0, 0.1) is 5.92 Å². The summed E-state index contributed by atoms with van der Waals surface area (Å²) < 4.78 is 6.04. The Morgan fingerprint density at radius 1 is 1.17 bits per heavy atom. The molecule has 1 aliphatic carbocycles. The highest BCUT2D eigenvalue weighted by Crippen LogP contribution is 2.30. The van der Waals surface area contributed by atoms with Crippen molar-refractivity contribution >= 4 is 17.3 Å². The number of guanidine groups is 1. The van der Waals surface area contributed by atoms with Gasteiger partial charge in [0.2, 0.25) is 0 Å². The summed E-state index contributed by atoms with van der Waals surface area (Å²) in [5, 5.41) is 11.5. The van der Waals surface area contributed by atoms with E-state index in [-0.39, 0.29) is 0 Å². The molecule has 0 radical (unpaired) electrons. The summed E-state index contributed by atoms with van der Waals surface area (Å²) >= 11 is 1.78. The van der Waals surface area contributed by atoms with Crippen molar-refractivity contribution in [3.63, 3.8) is 0 Å². The molecule has 2 fully saturated rings. The Hall–Kier alpha value is -2.05. The van der Waals surface area contributed by atoms with Crippen molar-refractivity contribution in [2.24, 2.45) is 10.9 Å². The summed E-state index contributed by atoms with van der Waals surface area (Å²) in [6.07, 6.45) is 4.91. The van der Waals surface area contributed by atoms with Gasteiger partial charge >= 0.3 is 0 Å². The van der Waals surface area contributed by atoms with Crippen molar-refractivity contribution in [3.8, 4) is 5.75 Å². The van der Waals surface area contributed by atoms with Gasteiger partial charge in [0.1, 0.15) is 5.75 Å². The number of piperidine rings is 1. The number of nitrogens with zero attached hydrogens (tertiary/aromatic N) is 2. The van der Waals surface area contributed by atoms with Crippen molar-refractivity contribution in [3.05, 3.63) is 52.2 Å². The van der Waals surface area contributed by atoms with Crippen LogP contribution in [0.5, 0.6) is 5.75 Å². The molecule has 1 aromatic carbocycles. The minimum Gasteiger partial charge on any atom is -0.493 e. The smallest absolute Gasteiger partial charge is 0.191 e. The number of hydrogen-bond donors (Lipinski definition) is 2. The predicted octanol–water partition coefficient (Wildman–Crippen LogP) is 4.26. The standard InChI is InChI=1S/C24H34N4OS/c1-2-25-24(26-15-21-5-3-4-6-23(21)29-17-19-7-8-19)27-22-9-12-28(13-10-22)16-20-11-14-30-18-20/h3-6,11,14,18-19,22H,2,7-10,12-13,15-17H2,1H3,(H2,25,26,27). The van der Waals surface area contributed by atoms with Crippen LogP contribution in [0.2, 0.25) is 0 Å². The number of ether oxygens (including phenoxy) is 1. The lowest BCUT2D eigenvalue weighted by molar-refractivity contribution is 0.198. The zero-order valence-electron chi connectivity index (χ0n) is 18.0. The topological polar surface area (TPSA) is 48.9 Å². The average Bonchev–Trinajstić information content (AvgIpc) is 3.46. The van der Waals surface area contributed by atoms with E-state index in [4.69, 9.17) is 9.73 Å². The van der Waals surface area contributed by atoms with Crippen LogP contribution in [0.15, 0.2) is 46.1 Å². The molecular formula is C24H34N4OS. The fourth-order valence-corrected chi connectivity index (χ4v) is 4.48. The minimum absolute atomic E-state index is 0.475. The van der Waals surface area contributed by atoms with Crippen molar-refractivity contribution in [1.29, 1.82) is 0 Å². The van der Waals surface area contributed by atoms with Crippen LogP contribution in [0.1, 0.15) is 43.7 Å². The predicted molar refractivity (Wildman–Crippen MR) is 125 cm³/mol. The molecule has 0 atom stereocenters. The first-order valence-electron chi connectivity index (χ1n) is 11.3. The average molecular weight is 427 g/mol. The number of likely N-dealkylation sites (tertiary alicyclic amines) is 1. The Labute approximate surface area is 184 Å². The highest BCUT2D eigenvalue weighted by Gasteiger charge is 2.22. The molecule has 2 aliphatic rings. The molecule has 0 bridgehead atoms. The van der Waals surface area contributed by atoms with E-state index in [2.05, 4.69) is 57.5 Å². The van der Waals surface area contributed by atoms with Crippen LogP contribution in [0.4, 0.5) is 0 Å². The molecule has 30 heavy (non-hydrogen) atoms. The van der Waals surface area contributed by atoms with Gasteiger partial charge in [-0.25, -0.2) is 4.99 Å². The van der Waals surface area contributed by atoms with E-state index in [1.54, 1.807) is 11.3 Å². The molecule has 0 spiro atoms. The summed E-state index contributed by atoms with van der Waals surface area (Å²) in [6, 6.07) is 11.0. The maximum atomic E-state index is 6.04. The molecule has 162 valence electrons. The number of thiophene rings is 1. The molecule has 0 amide bonds. The third-order valence-electron chi connectivity index (χ3n) is 5.81. The largest absolute Gasteiger partial charge is 0.493 e. The zero-order valence-corrected chi connectivity index (χ0v) is 18.8. The molecule has 1 aliphatic heterocycles. The van der Waals surface area contributed by atoms with Crippen LogP contribution in [0.25, 0.3) is 0 Å². The van der Waals surface area contributed by atoms with E-state index < -0.39 is 0 Å². The fraction of sp³-hybridized carbons (Fsp3) is 0.542. The monoisotopic (exact) mass is 426 g/mol. The molecule has 2 N–H and O–H groups in total. The summed E-state index contributed by atoms with van der Waals surface area (Å²) in [6.45, 7) is 7.78. The van der Waals surface area contributed by atoms with Gasteiger partial charge in [0.15, 0.2) is 5.96 Å². The second kappa shape index (κ2) is 10.8. The molecule has 1 saturated carbocycles. The van der Waals surface area contributed by atoms with E-state index in [0.29, 0.717) is 12.6 Å². The molecule has 0 unspecified atom stereocenters. The zero-order chi connectivity index (χ0) is 20.6. The number of hydrogen-bond acceptors (Lipinski definition) is 4. The Morgan fingerprint density at radius 3 is 2.73 bits per heavy atom. The van der Waals surface area contributed by atoms with Crippen LogP contribution < -0.4 is 15.4 Å². The lowest BCUT2D eigenvalue weighted by Gasteiger charge is -2.33. The molecule has 4 rings (SSSR count). The van der Waals surface area contributed by atoms with Crippen LogP contribution in [-0.4, -0.2) is 43.1 Å². The van der Waals surface area contributed by atoms with Gasteiger partial charge in [-0.1, -0.05) is 18.2 Å². The highest BCUT2D eigenvalue weighted by atomic mass is 32.1. The van der Waals surface area contributed by atoms with Crippen molar-refractivity contribution in [2.75, 3.05) is 26.2 Å². The lowest BCUT2D eigenvalue weighted by atomic mass is 10.0. The SMILES string of the molecule is CCNC(=NCc1ccccc1OCC1CC1)NC1CCN(Cc2ccsc2)CC1. The molecule has 2 heterocycles. The number of para-hydroxylation sites is 1. The number of nitrogens with one attached hydrogen (secondary N) is 2. The number of benzene rings is 1. The van der Waals surface area contributed by atoms with Crippen LogP contribution in [0.3, 0.4) is 0 Å². The Morgan fingerprint density at radius 2 is 2.00 bits per heavy atom. The Kier molecular flexibility index (Phi) is 7.65. The van der Waals surface area contributed by atoms with Crippen LogP contribution >= 0.6 is 11.3 Å². The highest BCUT2D eigenvalue weighted by molar-refractivity contribution is 7.07.